The van der Waals surface area contributed by atoms with Crippen molar-refractivity contribution in [1.29, 1.82) is 0 Å². The molecule has 0 aliphatic heterocycles. The van der Waals surface area contributed by atoms with E-state index in [4.69, 9.17) is 10.5 Å². The van der Waals surface area contributed by atoms with Crippen LogP contribution in [0.4, 0.5) is 0 Å². The molecule has 15 heavy (non-hydrogen) atoms. The van der Waals surface area contributed by atoms with Crippen molar-refractivity contribution in [3.8, 4) is 5.75 Å². The number of hydrogen-bond donors (Lipinski definition) is 1. The summed E-state index contributed by atoms with van der Waals surface area (Å²) >= 11 is 0. The Hall–Kier alpha value is -1.02. The second-order valence-electron chi connectivity index (χ2n) is 3.75. The molecule has 0 heterocycles. The molecule has 0 spiro atoms. The highest BCUT2D eigenvalue weighted by molar-refractivity contribution is 5.33. The Morgan fingerprint density at radius 2 is 2.00 bits per heavy atom. The number of benzene rings is 1. The zero-order chi connectivity index (χ0) is 11.1. The third-order valence-corrected chi connectivity index (χ3v) is 2.69. The minimum Gasteiger partial charge on any atom is -0.494 e. The summed E-state index contributed by atoms with van der Waals surface area (Å²) in [5, 5.41) is 0. The molecule has 2 N–H and O–H groups in total. The molecule has 0 saturated carbocycles. The van der Waals surface area contributed by atoms with E-state index in [0.717, 1.165) is 31.7 Å². The summed E-state index contributed by atoms with van der Waals surface area (Å²) in [5.74, 6) is 1.57. The zero-order valence-corrected chi connectivity index (χ0v) is 9.70. The molecule has 84 valence electrons. The number of para-hydroxylation sites is 1. The molecule has 0 bridgehead atoms. The van der Waals surface area contributed by atoms with Crippen molar-refractivity contribution in [2.45, 2.75) is 26.7 Å². The fourth-order valence-corrected chi connectivity index (χ4v) is 1.67. The summed E-state index contributed by atoms with van der Waals surface area (Å²) in [5.41, 5.74) is 6.99. The van der Waals surface area contributed by atoms with E-state index in [0.29, 0.717) is 5.92 Å². The second-order valence-corrected chi connectivity index (χ2v) is 3.75. The van der Waals surface area contributed by atoms with Gasteiger partial charge in [0, 0.05) is 0 Å². The number of nitrogens with two attached hydrogens (primary N) is 1. The zero-order valence-electron chi connectivity index (χ0n) is 9.70. The third kappa shape index (κ3) is 3.56. The Kier molecular flexibility index (Phi) is 5.19. The van der Waals surface area contributed by atoms with Gasteiger partial charge in [0.15, 0.2) is 0 Å². The standard InChI is InChI=1S/C13H21NO/c1-3-11(10-14)9-12-7-5-6-8-13(12)15-4-2/h5-8,11H,3-4,9-10,14H2,1-2H3. The molecule has 1 aromatic rings. The van der Waals surface area contributed by atoms with Gasteiger partial charge in [0.2, 0.25) is 0 Å². The van der Waals surface area contributed by atoms with E-state index in [1.807, 2.05) is 19.1 Å². The van der Waals surface area contributed by atoms with Crippen LogP contribution in [-0.4, -0.2) is 13.2 Å². The van der Waals surface area contributed by atoms with Crippen molar-refractivity contribution < 1.29 is 4.74 Å². The molecule has 0 amide bonds. The predicted molar refractivity (Wildman–Crippen MR) is 64.2 cm³/mol. The molecule has 2 heteroatoms. The average Bonchev–Trinajstić information content (AvgIpc) is 2.28. The van der Waals surface area contributed by atoms with Crippen LogP contribution in [0.25, 0.3) is 0 Å². The largest absolute Gasteiger partial charge is 0.494 e. The minimum atomic E-state index is 0.562. The Labute approximate surface area is 92.4 Å². The van der Waals surface area contributed by atoms with Gasteiger partial charge in [-0.05, 0) is 37.4 Å². The summed E-state index contributed by atoms with van der Waals surface area (Å²) in [6.45, 7) is 5.66. The Bertz CT molecular complexity index is 282. The van der Waals surface area contributed by atoms with Gasteiger partial charge in [-0.3, -0.25) is 0 Å². The predicted octanol–water partition coefficient (Wildman–Crippen LogP) is 2.61. The van der Waals surface area contributed by atoms with E-state index in [-0.39, 0.29) is 0 Å². The molecule has 1 unspecified atom stereocenters. The lowest BCUT2D eigenvalue weighted by atomic mass is 9.96. The van der Waals surface area contributed by atoms with Crippen molar-refractivity contribution in [2.24, 2.45) is 11.7 Å². The molecule has 1 aromatic carbocycles. The summed E-state index contributed by atoms with van der Waals surface area (Å²) in [6.07, 6.45) is 2.14. The van der Waals surface area contributed by atoms with Crippen LogP contribution in [0.2, 0.25) is 0 Å². The van der Waals surface area contributed by atoms with Crippen LogP contribution >= 0.6 is 0 Å². The number of ether oxygens (including phenoxy) is 1. The molecule has 0 aromatic heterocycles. The molecular weight excluding hydrogens is 186 g/mol. The normalized spacial score (nSPS) is 12.5. The fraction of sp³-hybridized carbons (Fsp3) is 0.538. The first-order chi connectivity index (χ1) is 7.31. The molecule has 2 nitrogen and oxygen atoms in total. The van der Waals surface area contributed by atoms with Crippen molar-refractivity contribution >= 4 is 0 Å². The molecule has 0 radical (unpaired) electrons. The SMILES string of the molecule is CCOc1ccccc1CC(CC)CN. The van der Waals surface area contributed by atoms with Crippen LogP contribution in [0.5, 0.6) is 5.75 Å². The highest BCUT2D eigenvalue weighted by Gasteiger charge is 2.08. The van der Waals surface area contributed by atoms with Crippen LogP contribution in [0.3, 0.4) is 0 Å². The molecule has 0 fully saturated rings. The van der Waals surface area contributed by atoms with Gasteiger partial charge in [-0.1, -0.05) is 31.5 Å². The van der Waals surface area contributed by atoms with Crippen molar-refractivity contribution in [3.63, 3.8) is 0 Å². The van der Waals surface area contributed by atoms with E-state index >= 15 is 0 Å². The van der Waals surface area contributed by atoms with Gasteiger partial charge in [-0.25, -0.2) is 0 Å². The monoisotopic (exact) mass is 207 g/mol. The van der Waals surface area contributed by atoms with E-state index < -0.39 is 0 Å². The third-order valence-electron chi connectivity index (χ3n) is 2.69. The fourth-order valence-electron chi connectivity index (χ4n) is 1.67. The maximum atomic E-state index is 5.71. The van der Waals surface area contributed by atoms with Crippen LogP contribution in [-0.2, 0) is 6.42 Å². The minimum absolute atomic E-state index is 0.562. The van der Waals surface area contributed by atoms with E-state index in [9.17, 15) is 0 Å². The van der Waals surface area contributed by atoms with Gasteiger partial charge in [0.25, 0.3) is 0 Å². The first-order valence-corrected chi connectivity index (χ1v) is 5.72. The van der Waals surface area contributed by atoms with Gasteiger partial charge in [0.1, 0.15) is 5.75 Å². The van der Waals surface area contributed by atoms with E-state index in [1.165, 1.54) is 5.56 Å². The quantitative estimate of drug-likeness (QED) is 0.778. The first kappa shape index (κ1) is 12.1. The van der Waals surface area contributed by atoms with Crippen molar-refractivity contribution in [2.75, 3.05) is 13.2 Å². The topological polar surface area (TPSA) is 35.2 Å². The summed E-state index contributed by atoms with van der Waals surface area (Å²) in [4.78, 5) is 0. The summed E-state index contributed by atoms with van der Waals surface area (Å²) < 4.78 is 5.59. The van der Waals surface area contributed by atoms with Gasteiger partial charge < -0.3 is 10.5 Å². The molecule has 1 atom stereocenters. The highest BCUT2D eigenvalue weighted by Crippen LogP contribution is 2.22. The Morgan fingerprint density at radius 3 is 2.60 bits per heavy atom. The Morgan fingerprint density at radius 1 is 1.27 bits per heavy atom. The summed E-state index contributed by atoms with van der Waals surface area (Å²) in [6, 6.07) is 8.23. The maximum Gasteiger partial charge on any atom is 0.122 e. The first-order valence-electron chi connectivity index (χ1n) is 5.72. The smallest absolute Gasteiger partial charge is 0.122 e. The maximum absolute atomic E-state index is 5.71. The highest BCUT2D eigenvalue weighted by atomic mass is 16.5. The average molecular weight is 207 g/mol. The van der Waals surface area contributed by atoms with E-state index in [1.54, 1.807) is 0 Å². The van der Waals surface area contributed by atoms with Crippen LogP contribution in [0.15, 0.2) is 24.3 Å². The van der Waals surface area contributed by atoms with Crippen LogP contribution < -0.4 is 10.5 Å². The lowest BCUT2D eigenvalue weighted by Crippen LogP contribution is -2.16. The molecule has 0 saturated heterocycles. The van der Waals surface area contributed by atoms with Crippen molar-refractivity contribution in [1.82, 2.24) is 0 Å². The molecule has 0 aliphatic carbocycles. The van der Waals surface area contributed by atoms with Crippen molar-refractivity contribution in [3.05, 3.63) is 29.8 Å². The van der Waals surface area contributed by atoms with Crippen LogP contribution in [0, 0.1) is 5.92 Å². The molecular formula is C13H21NO. The van der Waals surface area contributed by atoms with Gasteiger partial charge in [-0.15, -0.1) is 0 Å². The van der Waals surface area contributed by atoms with Gasteiger partial charge >= 0.3 is 0 Å². The van der Waals surface area contributed by atoms with Crippen LogP contribution in [0.1, 0.15) is 25.8 Å². The van der Waals surface area contributed by atoms with E-state index in [2.05, 4.69) is 19.1 Å². The lowest BCUT2D eigenvalue weighted by molar-refractivity contribution is 0.334. The molecule has 1 rings (SSSR count). The second kappa shape index (κ2) is 6.46. The summed E-state index contributed by atoms with van der Waals surface area (Å²) in [7, 11) is 0. The number of rotatable bonds is 6. The van der Waals surface area contributed by atoms with Gasteiger partial charge in [0.05, 0.1) is 6.61 Å². The van der Waals surface area contributed by atoms with Gasteiger partial charge in [-0.2, -0.15) is 0 Å². The number of hydrogen-bond acceptors (Lipinski definition) is 2. The lowest BCUT2D eigenvalue weighted by Gasteiger charge is -2.15. The Balaban J connectivity index is 2.73. The molecule has 0 aliphatic rings.